The molecule has 246 valence electrons. The Morgan fingerprint density at radius 1 is 0.830 bits per heavy atom. The van der Waals surface area contributed by atoms with Crippen LogP contribution in [0.15, 0.2) is 102 Å². The summed E-state index contributed by atoms with van der Waals surface area (Å²) in [6.45, 7) is 1.28. The molecule has 1 N–H and O–H groups in total. The maximum atomic E-state index is 14.6. The monoisotopic (exact) mass is 711 g/mol. The molecule has 2 amide bonds. The molecule has 0 spiro atoms. The molecular formula is C36H36Cl3N3O4S. The van der Waals surface area contributed by atoms with Gasteiger partial charge in [-0.1, -0.05) is 96.2 Å². The summed E-state index contributed by atoms with van der Waals surface area (Å²) >= 11 is 18.6. The molecule has 0 bridgehead atoms. The maximum Gasteiger partial charge on any atom is 0.264 e. The fourth-order valence-corrected chi connectivity index (χ4v) is 7.65. The summed E-state index contributed by atoms with van der Waals surface area (Å²) in [6.07, 6.45) is 4.00. The number of sulfonamides is 1. The van der Waals surface area contributed by atoms with E-state index in [2.05, 4.69) is 5.32 Å². The lowest BCUT2D eigenvalue weighted by molar-refractivity contribution is -0.140. The van der Waals surface area contributed by atoms with E-state index in [9.17, 15) is 18.0 Å². The molecule has 0 radical (unpaired) electrons. The number of amides is 2. The Bertz CT molecular complexity index is 1820. The third kappa shape index (κ3) is 8.87. The van der Waals surface area contributed by atoms with Crippen molar-refractivity contribution < 1.29 is 18.0 Å². The second-order valence-corrected chi connectivity index (χ2v) is 14.9. The first kappa shape index (κ1) is 34.8. The van der Waals surface area contributed by atoms with Gasteiger partial charge in [0.05, 0.1) is 20.6 Å². The van der Waals surface area contributed by atoms with Crippen LogP contribution in [0.1, 0.15) is 42.4 Å². The van der Waals surface area contributed by atoms with Gasteiger partial charge in [0, 0.05) is 24.0 Å². The predicted molar refractivity (Wildman–Crippen MR) is 189 cm³/mol. The van der Waals surface area contributed by atoms with Crippen molar-refractivity contribution in [2.75, 3.05) is 10.8 Å². The highest BCUT2D eigenvalue weighted by atomic mass is 35.5. The van der Waals surface area contributed by atoms with Crippen LogP contribution in [0, 0.1) is 6.92 Å². The number of benzene rings is 4. The molecule has 1 aliphatic rings. The number of anilines is 1. The van der Waals surface area contributed by atoms with Gasteiger partial charge in [0.15, 0.2) is 0 Å². The van der Waals surface area contributed by atoms with Crippen LogP contribution in [0.2, 0.25) is 15.1 Å². The van der Waals surface area contributed by atoms with E-state index in [1.807, 2.05) is 43.3 Å². The van der Waals surface area contributed by atoms with E-state index in [-0.39, 0.29) is 29.8 Å². The zero-order valence-electron chi connectivity index (χ0n) is 25.9. The minimum absolute atomic E-state index is 0.00599. The molecule has 0 saturated heterocycles. The van der Waals surface area contributed by atoms with Gasteiger partial charge >= 0.3 is 0 Å². The van der Waals surface area contributed by atoms with Crippen molar-refractivity contribution in [2.45, 2.75) is 62.6 Å². The van der Waals surface area contributed by atoms with Gasteiger partial charge in [-0.3, -0.25) is 13.9 Å². The Kier molecular flexibility index (Phi) is 11.5. The summed E-state index contributed by atoms with van der Waals surface area (Å²) in [5, 5.41) is 4.21. The molecule has 0 aromatic heterocycles. The highest BCUT2D eigenvalue weighted by Gasteiger charge is 2.35. The summed E-state index contributed by atoms with van der Waals surface area (Å²) in [4.78, 5) is 30.2. The molecule has 4 aromatic carbocycles. The third-order valence-corrected chi connectivity index (χ3v) is 11.1. The largest absolute Gasteiger partial charge is 0.352 e. The topological polar surface area (TPSA) is 86.8 Å². The summed E-state index contributed by atoms with van der Waals surface area (Å²) in [6, 6.07) is 26.3. The van der Waals surface area contributed by atoms with Gasteiger partial charge in [-0.2, -0.15) is 0 Å². The molecule has 11 heteroatoms. The Hall–Kier alpha value is -3.56. The summed E-state index contributed by atoms with van der Waals surface area (Å²) < 4.78 is 29.4. The van der Waals surface area contributed by atoms with Gasteiger partial charge in [0.2, 0.25) is 11.8 Å². The molecule has 0 unspecified atom stereocenters. The number of halogens is 3. The van der Waals surface area contributed by atoms with Crippen LogP contribution >= 0.6 is 34.8 Å². The van der Waals surface area contributed by atoms with Crippen LogP contribution in [0.5, 0.6) is 0 Å². The summed E-state index contributed by atoms with van der Waals surface area (Å²) in [5.74, 6) is -0.852. The lowest BCUT2D eigenvalue weighted by atomic mass is 10.0. The van der Waals surface area contributed by atoms with Crippen molar-refractivity contribution in [3.63, 3.8) is 0 Å². The number of hydrogen-bond acceptors (Lipinski definition) is 4. The van der Waals surface area contributed by atoms with E-state index in [1.54, 1.807) is 36.4 Å². The molecule has 4 aromatic rings. The molecule has 0 heterocycles. The number of carbonyl (C=O) groups is 2. The summed E-state index contributed by atoms with van der Waals surface area (Å²) in [5.41, 5.74) is 2.63. The van der Waals surface area contributed by atoms with Gasteiger partial charge < -0.3 is 10.2 Å². The number of carbonyl (C=O) groups excluding carboxylic acids is 2. The normalized spacial score (nSPS) is 14.0. The molecule has 7 nitrogen and oxygen atoms in total. The quantitative estimate of drug-likeness (QED) is 0.162. The first-order valence-electron chi connectivity index (χ1n) is 15.4. The van der Waals surface area contributed by atoms with E-state index in [4.69, 9.17) is 34.8 Å². The molecule has 1 saturated carbocycles. The van der Waals surface area contributed by atoms with Gasteiger partial charge in [-0.25, -0.2) is 8.42 Å². The third-order valence-electron chi connectivity index (χ3n) is 8.28. The first-order valence-corrected chi connectivity index (χ1v) is 18.0. The van der Waals surface area contributed by atoms with Crippen LogP contribution in [-0.2, 0) is 32.6 Å². The van der Waals surface area contributed by atoms with E-state index in [1.165, 1.54) is 29.2 Å². The number of aryl methyl sites for hydroxylation is 1. The van der Waals surface area contributed by atoms with E-state index < -0.39 is 28.5 Å². The molecule has 0 aliphatic heterocycles. The first-order chi connectivity index (χ1) is 22.5. The number of nitrogens with zero attached hydrogens (tertiary/aromatic N) is 2. The van der Waals surface area contributed by atoms with Gasteiger partial charge in [-0.15, -0.1) is 0 Å². The van der Waals surface area contributed by atoms with Crippen LogP contribution in [0.4, 0.5) is 5.69 Å². The van der Waals surface area contributed by atoms with E-state index in [0.717, 1.165) is 41.1 Å². The standard InChI is InChI=1S/C36H36Cl3N3O4S/c1-25-8-7-13-30(20-25)42(47(45,46)31-17-15-28(37)16-18-31)24-35(43)41(23-27-14-19-32(38)33(39)21-27)34(22-26-9-3-2-4-10-26)36(44)40-29-11-5-6-12-29/h2-4,7-10,13-21,29,34H,5-6,11-12,22-24H2,1H3,(H,40,44)/t34-/m0/s1. The van der Waals surface area contributed by atoms with Gasteiger partial charge in [0.25, 0.3) is 10.0 Å². The Balaban J connectivity index is 1.58. The molecule has 47 heavy (non-hydrogen) atoms. The lowest BCUT2D eigenvalue weighted by Gasteiger charge is -2.34. The van der Waals surface area contributed by atoms with E-state index in [0.29, 0.717) is 26.3 Å². The fourth-order valence-electron chi connectivity index (χ4n) is 5.80. The van der Waals surface area contributed by atoms with Crippen molar-refractivity contribution in [2.24, 2.45) is 0 Å². The van der Waals surface area contributed by atoms with Gasteiger partial charge in [-0.05, 0) is 85.0 Å². The lowest BCUT2D eigenvalue weighted by Crippen LogP contribution is -2.54. The smallest absolute Gasteiger partial charge is 0.264 e. The van der Waals surface area contributed by atoms with Crippen LogP contribution in [0.25, 0.3) is 0 Å². The average Bonchev–Trinajstić information content (AvgIpc) is 3.56. The highest BCUT2D eigenvalue weighted by molar-refractivity contribution is 7.92. The highest BCUT2D eigenvalue weighted by Crippen LogP contribution is 2.28. The zero-order chi connectivity index (χ0) is 33.6. The van der Waals surface area contributed by atoms with Crippen molar-refractivity contribution in [3.05, 3.63) is 129 Å². The van der Waals surface area contributed by atoms with Crippen molar-refractivity contribution in [1.82, 2.24) is 10.2 Å². The molecule has 5 rings (SSSR count). The Morgan fingerprint density at radius 3 is 2.19 bits per heavy atom. The molecule has 1 atom stereocenters. The van der Waals surface area contributed by atoms with Crippen LogP contribution < -0.4 is 9.62 Å². The second kappa shape index (κ2) is 15.6. The van der Waals surface area contributed by atoms with Crippen molar-refractivity contribution in [1.29, 1.82) is 0 Å². The molecule has 1 aliphatic carbocycles. The van der Waals surface area contributed by atoms with Crippen LogP contribution in [0.3, 0.4) is 0 Å². The average molecular weight is 713 g/mol. The SMILES string of the molecule is Cc1cccc(N(CC(=O)N(Cc2ccc(Cl)c(Cl)c2)[C@@H](Cc2ccccc2)C(=O)NC2CCCC2)S(=O)(=O)c2ccc(Cl)cc2)c1. The molecule has 1 fully saturated rings. The summed E-state index contributed by atoms with van der Waals surface area (Å²) in [7, 11) is -4.24. The molecular weight excluding hydrogens is 677 g/mol. The maximum absolute atomic E-state index is 14.6. The minimum Gasteiger partial charge on any atom is -0.352 e. The van der Waals surface area contributed by atoms with Crippen molar-refractivity contribution in [3.8, 4) is 0 Å². The number of rotatable bonds is 12. The van der Waals surface area contributed by atoms with E-state index >= 15 is 0 Å². The number of nitrogens with one attached hydrogen (secondary N) is 1. The fraction of sp³-hybridized carbons (Fsp3) is 0.278. The van der Waals surface area contributed by atoms with Crippen LogP contribution in [-0.4, -0.2) is 43.8 Å². The van der Waals surface area contributed by atoms with Gasteiger partial charge in [0.1, 0.15) is 12.6 Å². The Labute approximate surface area is 291 Å². The predicted octanol–water partition coefficient (Wildman–Crippen LogP) is 7.85. The minimum atomic E-state index is -4.24. The second-order valence-electron chi connectivity index (χ2n) is 11.8. The zero-order valence-corrected chi connectivity index (χ0v) is 29.0. The van der Waals surface area contributed by atoms with Crippen molar-refractivity contribution >= 4 is 62.3 Å². The number of hydrogen-bond donors (Lipinski definition) is 1. The Morgan fingerprint density at radius 2 is 1.53 bits per heavy atom.